The van der Waals surface area contributed by atoms with Crippen LogP contribution in [0.4, 0.5) is 15.8 Å². The first-order valence-electron chi connectivity index (χ1n) is 6.52. The molecule has 0 aromatic heterocycles. The summed E-state index contributed by atoms with van der Waals surface area (Å²) in [5, 5.41) is 0. The number of nitrogens with zero attached hydrogens (tertiary/aromatic N) is 2. The van der Waals surface area contributed by atoms with Gasteiger partial charge in [-0.15, -0.1) is 0 Å². The lowest BCUT2D eigenvalue weighted by atomic mass is 10.2. The minimum atomic E-state index is -0.330. The predicted molar refractivity (Wildman–Crippen MR) is 73.1 cm³/mol. The highest BCUT2D eigenvalue weighted by Gasteiger charge is 2.23. The Morgan fingerprint density at radius 3 is 2.89 bits per heavy atom. The van der Waals surface area contributed by atoms with Crippen molar-refractivity contribution in [1.29, 1.82) is 0 Å². The summed E-state index contributed by atoms with van der Waals surface area (Å²) in [5.41, 5.74) is 1.51. The number of fused-ring (bicyclic) bond motifs is 1. The zero-order valence-electron chi connectivity index (χ0n) is 11.4. The Hall–Kier alpha value is -1.62. The first kappa shape index (κ1) is 13.8. The molecule has 1 aliphatic rings. The Kier molecular flexibility index (Phi) is 4.37. The molecule has 0 bridgehead atoms. The van der Waals surface area contributed by atoms with E-state index in [-0.39, 0.29) is 18.3 Å². The second-order valence-corrected chi connectivity index (χ2v) is 4.59. The molecule has 19 heavy (non-hydrogen) atoms. The highest BCUT2D eigenvalue weighted by molar-refractivity contribution is 5.97. The van der Waals surface area contributed by atoms with E-state index >= 15 is 0 Å². The van der Waals surface area contributed by atoms with Gasteiger partial charge in [0.15, 0.2) is 0 Å². The monoisotopic (exact) mass is 266 g/mol. The maximum Gasteiger partial charge on any atom is 0.253 e. The average Bonchev–Trinajstić information content (AvgIpc) is 2.55. The molecule has 0 fully saturated rings. The van der Waals surface area contributed by atoms with E-state index < -0.39 is 0 Å². The molecule has 1 aromatic carbocycles. The Balaban J connectivity index is 2.32. The van der Waals surface area contributed by atoms with Gasteiger partial charge in [0.25, 0.3) is 5.91 Å². The number of rotatable bonds is 3. The maximum absolute atomic E-state index is 13.5. The molecule has 1 aromatic rings. The fourth-order valence-electron chi connectivity index (χ4n) is 2.27. The van der Waals surface area contributed by atoms with Crippen LogP contribution in [0.1, 0.15) is 13.3 Å². The summed E-state index contributed by atoms with van der Waals surface area (Å²) in [6, 6.07) is 4.56. The van der Waals surface area contributed by atoms with Crippen LogP contribution < -0.4 is 9.80 Å². The highest BCUT2D eigenvalue weighted by Crippen LogP contribution is 2.32. The third-order valence-electron chi connectivity index (χ3n) is 3.25. The zero-order valence-corrected chi connectivity index (χ0v) is 11.4. The fourth-order valence-corrected chi connectivity index (χ4v) is 2.27. The number of hydrogen-bond donors (Lipinski definition) is 0. The van der Waals surface area contributed by atoms with E-state index in [0.717, 1.165) is 18.7 Å². The van der Waals surface area contributed by atoms with E-state index in [4.69, 9.17) is 4.74 Å². The van der Waals surface area contributed by atoms with Crippen molar-refractivity contribution in [3.8, 4) is 0 Å². The van der Waals surface area contributed by atoms with E-state index in [0.29, 0.717) is 18.8 Å². The third kappa shape index (κ3) is 3.04. The van der Waals surface area contributed by atoms with Gasteiger partial charge in [0.05, 0.1) is 11.4 Å². The molecule has 1 amide bonds. The van der Waals surface area contributed by atoms with Crippen LogP contribution in [0.15, 0.2) is 18.2 Å². The Morgan fingerprint density at radius 2 is 2.16 bits per heavy atom. The van der Waals surface area contributed by atoms with Gasteiger partial charge in [-0.1, -0.05) is 0 Å². The van der Waals surface area contributed by atoms with Crippen molar-refractivity contribution in [2.75, 3.05) is 43.2 Å². The third-order valence-corrected chi connectivity index (χ3v) is 3.25. The number of carbonyl (C=O) groups is 1. The van der Waals surface area contributed by atoms with Gasteiger partial charge < -0.3 is 14.5 Å². The number of hydrogen-bond acceptors (Lipinski definition) is 3. The standard InChI is InChI=1S/C14H19FN2O2/c1-3-19-10-14(18)17-8-4-7-16(2)12-6-5-11(15)9-13(12)17/h5-6,9H,3-4,7-8,10H2,1-2H3. The minimum absolute atomic E-state index is 0.0379. The van der Waals surface area contributed by atoms with Gasteiger partial charge in [-0.05, 0) is 31.5 Å². The van der Waals surface area contributed by atoms with Gasteiger partial charge >= 0.3 is 0 Å². The van der Waals surface area contributed by atoms with Crippen molar-refractivity contribution in [3.63, 3.8) is 0 Å². The quantitative estimate of drug-likeness (QED) is 0.839. The molecule has 0 saturated carbocycles. The summed E-state index contributed by atoms with van der Waals surface area (Å²) in [6.07, 6.45) is 0.852. The molecule has 0 N–H and O–H groups in total. The van der Waals surface area contributed by atoms with Crippen LogP contribution in [-0.2, 0) is 9.53 Å². The summed E-state index contributed by atoms with van der Waals surface area (Å²) in [5.74, 6) is -0.452. The van der Waals surface area contributed by atoms with Crippen molar-refractivity contribution in [2.45, 2.75) is 13.3 Å². The lowest BCUT2D eigenvalue weighted by Gasteiger charge is -2.24. The highest BCUT2D eigenvalue weighted by atomic mass is 19.1. The van der Waals surface area contributed by atoms with E-state index in [1.54, 1.807) is 11.0 Å². The number of carbonyl (C=O) groups excluding carboxylic acids is 1. The molecular formula is C14H19FN2O2. The number of ether oxygens (including phenoxy) is 1. The van der Waals surface area contributed by atoms with Crippen molar-refractivity contribution in [2.24, 2.45) is 0 Å². The number of halogens is 1. The van der Waals surface area contributed by atoms with Crippen molar-refractivity contribution < 1.29 is 13.9 Å². The molecule has 1 heterocycles. The smallest absolute Gasteiger partial charge is 0.253 e. The van der Waals surface area contributed by atoms with Gasteiger partial charge in [-0.3, -0.25) is 4.79 Å². The van der Waals surface area contributed by atoms with Crippen LogP contribution in [-0.4, -0.2) is 39.3 Å². The lowest BCUT2D eigenvalue weighted by Crippen LogP contribution is -2.34. The SMILES string of the molecule is CCOCC(=O)N1CCCN(C)c2ccc(F)cc21. The molecule has 0 spiro atoms. The molecule has 0 saturated heterocycles. The van der Waals surface area contributed by atoms with Crippen LogP contribution in [0.5, 0.6) is 0 Å². The summed E-state index contributed by atoms with van der Waals surface area (Å²) < 4.78 is 18.6. The fraction of sp³-hybridized carbons (Fsp3) is 0.500. The van der Waals surface area contributed by atoms with Gasteiger partial charge in [-0.25, -0.2) is 4.39 Å². The molecule has 0 atom stereocenters. The van der Waals surface area contributed by atoms with Crippen molar-refractivity contribution in [3.05, 3.63) is 24.0 Å². The van der Waals surface area contributed by atoms with Crippen molar-refractivity contribution >= 4 is 17.3 Å². The zero-order chi connectivity index (χ0) is 13.8. The van der Waals surface area contributed by atoms with Crippen LogP contribution >= 0.6 is 0 Å². The van der Waals surface area contributed by atoms with Crippen molar-refractivity contribution in [1.82, 2.24) is 0 Å². The van der Waals surface area contributed by atoms with Gasteiger partial charge in [0.2, 0.25) is 0 Å². The summed E-state index contributed by atoms with van der Waals surface area (Å²) in [7, 11) is 1.95. The van der Waals surface area contributed by atoms with Gasteiger partial charge in [0.1, 0.15) is 12.4 Å². The minimum Gasteiger partial charge on any atom is -0.373 e. The molecule has 0 aliphatic carbocycles. The molecule has 4 nitrogen and oxygen atoms in total. The number of amides is 1. The molecule has 0 radical (unpaired) electrons. The normalized spacial score (nSPS) is 15.1. The Morgan fingerprint density at radius 1 is 1.37 bits per heavy atom. The van der Waals surface area contributed by atoms with Crippen LogP contribution in [0.3, 0.4) is 0 Å². The van der Waals surface area contributed by atoms with E-state index in [1.165, 1.54) is 12.1 Å². The van der Waals surface area contributed by atoms with E-state index in [2.05, 4.69) is 0 Å². The first-order valence-corrected chi connectivity index (χ1v) is 6.52. The molecule has 0 unspecified atom stereocenters. The van der Waals surface area contributed by atoms with Crippen LogP contribution in [0, 0.1) is 5.82 Å². The lowest BCUT2D eigenvalue weighted by molar-refractivity contribution is -0.122. The number of benzene rings is 1. The van der Waals surface area contributed by atoms with Gasteiger partial charge in [-0.2, -0.15) is 0 Å². The molecule has 1 aliphatic heterocycles. The second-order valence-electron chi connectivity index (χ2n) is 4.59. The maximum atomic E-state index is 13.5. The summed E-state index contributed by atoms with van der Waals surface area (Å²) >= 11 is 0. The molecule has 2 rings (SSSR count). The molecule has 5 heteroatoms. The molecular weight excluding hydrogens is 247 g/mol. The summed E-state index contributed by atoms with van der Waals surface area (Å²) in [4.78, 5) is 15.8. The Labute approximate surface area is 112 Å². The molecule has 104 valence electrons. The topological polar surface area (TPSA) is 32.8 Å². The van der Waals surface area contributed by atoms with Crippen LogP contribution in [0.2, 0.25) is 0 Å². The van der Waals surface area contributed by atoms with Gasteiger partial charge in [0, 0.05) is 26.7 Å². The summed E-state index contributed by atoms with van der Waals surface area (Å²) in [6.45, 7) is 3.81. The number of anilines is 2. The second kappa shape index (κ2) is 6.02. The predicted octanol–water partition coefficient (Wildman–Crippen LogP) is 2.04. The first-order chi connectivity index (χ1) is 9.13. The Bertz CT molecular complexity index is 465. The van der Waals surface area contributed by atoms with E-state index in [1.807, 2.05) is 18.9 Å². The van der Waals surface area contributed by atoms with Crippen LogP contribution in [0.25, 0.3) is 0 Å². The average molecular weight is 266 g/mol. The largest absolute Gasteiger partial charge is 0.373 e. The van der Waals surface area contributed by atoms with E-state index in [9.17, 15) is 9.18 Å².